The van der Waals surface area contributed by atoms with Crippen LogP contribution in [0.25, 0.3) is 6.08 Å². The number of hydrogen-bond donors (Lipinski definition) is 2. The van der Waals surface area contributed by atoms with Crippen LogP contribution in [-0.4, -0.2) is 114 Å². The van der Waals surface area contributed by atoms with Crippen molar-refractivity contribution in [2.24, 2.45) is 10.8 Å². The van der Waals surface area contributed by atoms with E-state index in [4.69, 9.17) is 28.5 Å². The Bertz CT molecular complexity index is 2140. The van der Waals surface area contributed by atoms with Gasteiger partial charge in [-0.1, -0.05) is 98.8 Å². The summed E-state index contributed by atoms with van der Waals surface area (Å²) < 4.78 is 30.7. The van der Waals surface area contributed by atoms with E-state index in [2.05, 4.69) is 5.32 Å². The van der Waals surface area contributed by atoms with Crippen LogP contribution < -0.4 is 5.32 Å². The first kappa shape index (κ1) is 40.0. The van der Waals surface area contributed by atoms with Gasteiger partial charge in [0.1, 0.15) is 42.5 Å². The molecule has 0 aromatic heterocycles. The zero-order chi connectivity index (χ0) is 41.8. The molecule has 0 spiro atoms. The minimum Gasteiger partial charge on any atom is -0.462 e. The lowest BCUT2D eigenvalue weighted by Gasteiger charge is -2.50. The molecule has 3 aromatic rings. The summed E-state index contributed by atoms with van der Waals surface area (Å²) in [5.41, 5.74) is 0.672. The third-order valence-electron chi connectivity index (χ3n) is 12.6. The minimum atomic E-state index is -1.52. The first-order valence-electron chi connectivity index (χ1n) is 20.4. The molecule has 60 heavy (non-hydrogen) atoms. The molecule has 6 fully saturated rings. The summed E-state index contributed by atoms with van der Waals surface area (Å²) in [7, 11) is 0. The van der Waals surface area contributed by atoms with Crippen LogP contribution in [0.5, 0.6) is 0 Å². The number of nitrogens with zero attached hydrogens (tertiary/aromatic N) is 2. The number of likely N-dealkylation sites (tertiary alicyclic amines) is 1. The van der Waals surface area contributed by atoms with Crippen molar-refractivity contribution in [3.63, 3.8) is 0 Å². The van der Waals surface area contributed by atoms with Gasteiger partial charge in [0.25, 0.3) is 0 Å². The summed E-state index contributed by atoms with van der Waals surface area (Å²) in [4.78, 5) is 76.3. The number of esters is 3. The first-order chi connectivity index (χ1) is 28.9. The Morgan fingerprint density at radius 1 is 0.917 bits per heavy atom. The molecule has 2 bridgehead atoms. The summed E-state index contributed by atoms with van der Waals surface area (Å²) in [5, 5.41) is 13.6. The number of hydrogen-bond acceptors (Lipinski definition) is 13. The van der Waals surface area contributed by atoms with E-state index < -0.39 is 83.0 Å². The summed E-state index contributed by atoms with van der Waals surface area (Å²) >= 11 is 0. The molecule has 5 heterocycles. The highest BCUT2D eigenvalue weighted by Gasteiger charge is 2.77. The van der Waals surface area contributed by atoms with Gasteiger partial charge in [-0.2, -0.15) is 5.06 Å². The molecule has 6 aliphatic rings. The average Bonchev–Trinajstić information content (AvgIpc) is 4.05. The van der Waals surface area contributed by atoms with E-state index in [0.717, 1.165) is 5.56 Å². The second-order valence-corrected chi connectivity index (χ2v) is 16.9. The third kappa shape index (κ3) is 6.68. The number of carbonyl (C=O) groups is 5. The van der Waals surface area contributed by atoms with Gasteiger partial charge in [-0.25, -0.2) is 9.59 Å². The fraction of sp³-hybridized carbons (Fsp3) is 0.444. The topological polar surface area (TPSA) is 179 Å². The average molecular weight is 822 g/mol. The highest BCUT2D eigenvalue weighted by molar-refractivity contribution is 5.96. The van der Waals surface area contributed by atoms with Crippen LogP contribution in [0, 0.1) is 10.8 Å². The normalized spacial score (nSPS) is 31.1. The SMILES string of the molecule is CC1(C)COC(=O)C1OC(=O)C=Cc1ccc(CN2OC3C4OC(c5ccccc5)(c5ccccc5)OC4C4CC3(C(=O)N3CCCC3C(=O)NCCO)C2C(=O)O4)cc1. The molecule has 15 heteroatoms. The number of carbonyl (C=O) groups excluding carboxylic acids is 5. The molecule has 2 amide bonds. The second kappa shape index (κ2) is 15.5. The zero-order valence-electron chi connectivity index (χ0n) is 33.3. The van der Waals surface area contributed by atoms with Gasteiger partial charge in [0.2, 0.25) is 23.7 Å². The molecule has 8 atom stereocenters. The van der Waals surface area contributed by atoms with E-state index in [9.17, 15) is 24.3 Å². The van der Waals surface area contributed by atoms with Crippen molar-refractivity contribution in [3.05, 3.63) is 113 Å². The second-order valence-electron chi connectivity index (χ2n) is 16.9. The summed E-state index contributed by atoms with van der Waals surface area (Å²) in [6.45, 7) is 3.91. The van der Waals surface area contributed by atoms with Gasteiger partial charge < -0.3 is 39.0 Å². The van der Waals surface area contributed by atoms with Crippen LogP contribution in [0.1, 0.15) is 55.4 Å². The maximum absolute atomic E-state index is 15.4. The lowest BCUT2D eigenvalue weighted by Crippen LogP contribution is -2.70. The minimum absolute atomic E-state index is 0.0446. The smallest absolute Gasteiger partial charge is 0.348 e. The molecule has 1 aliphatic carbocycles. The number of benzene rings is 3. The highest BCUT2D eigenvalue weighted by Crippen LogP contribution is 2.60. The number of rotatable bonds is 11. The number of aliphatic hydroxyl groups is 1. The zero-order valence-corrected chi connectivity index (χ0v) is 33.3. The Morgan fingerprint density at radius 3 is 2.25 bits per heavy atom. The van der Waals surface area contributed by atoms with E-state index in [1.54, 1.807) is 37.0 Å². The third-order valence-corrected chi connectivity index (χ3v) is 12.6. The lowest BCUT2D eigenvalue weighted by atomic mass is 9.62. The van der Waals surface area contributed by atoms with E-state index in [0.29, 0.717) is 36.1 Å². The van der Waals surface area contributed by atoms with Crippen molar-refractivity contribution in [2.45, 2.75) is 88.0 Å². The largest absolute Gasteiger partial charge is 0.462 e. The van der Waals surface area contributed by atoms with E-state index >= 15 is 4.79 Å². The Hall–Kier alpha value is -5.45. The molecular weight excluding hydrogens is 775 g/mol. The van der Waals surface area contributed by atoms with E-state index in [1.165, 1.54) is 11.1 Å². The summed E-state index contributed by atoms with van der Waals surface area (Å²) in [6.07, 6.45) is -0.699. The van der Waals surface area contributed by atoms with Crippen LogP contribution in [0.3, 0.4) is 0 Å². The van der Waals surface area contributed by atoms with Crippen LogP contribution in [0.2, 0.25) is 0 Å². The Kier molecular flexibility index (Phi) is 10.4. The quantitative estimate of drug-likeness (QED) is 0.164. The Balaban J connectivity index is 1.03. The molecule has 2 N–H and O–H groups in total. The molecule has 9 rings (SSSR count). The van der Waals surface area contributed by atoms with E-state index in [-0.39, 0.29) is 38.6 Å². The van der Waals surface area contributed by atoms with Crippen molar-refractivity contribution < 1.29 is 57.6 Å². The van der Waals surface area contributed by atoms with Gasteiger partial charge >= 0.3 is 17.9 Å². The van der Waals surface area contributed by atoms with Crippen molar-refractivity contribution >= 4 is 35.8 Å². The number of fused-ring (bicyclic) bond motifs is 4. The van der Waals surface area contributed by atoms with Gasteiger partial charge in [-0.15, -0.1) is 0 Å². The fourth-order valence-electron chi connectivity index (χ4n) is 9.68. The number of ether oxygens (including phenoxy) is 5. The number of cyclic esters (lactones) is 1. The van der Waals surface area contributed by atoms with Crippen molar-refractivity contribution in [1.29, 1.82) is 0 Å². The van der Waals surface area contributed by atoms with Gasteiger partial charge in [0, 0.05) is 42.1 Å². The van der Waals surface area contributed by atoms with Gasteiger partial charge in [0.05, 0.1) is 13.2 Å². The fourth-order valence-corrected chi connectivity index (χ4v) is 9.68. The number of aliphatic hydroxyl groups excluding tert-OH is 1. The van der Waals surface area contributed by atoms with Crippen molar-refractivity contribution in [2.75, 3.05) is 26.3 Å². The molecule has 5 saturated heterocycles. The summed E-state index contributed by atoms with van der Waals surface area (Å²) in [6, 6.07) is 24.2. The van der Waals surface area contributed by atoms with Crippen LogP contribution >= 0.6 is 0 Å². The molecule has 1 saturated carbocycles. The predicted octanol–water partition coefficient (Wildman–Crippen LogP) is 2.78. The summed E-state index contributed by atoms with van der Waals surface area (Å²) in [5.74, 6) is -4.10. The van der Waals surface area contributed by atoms with Gasteiger partial charge in [-0.3, -0.25) is 19.2 Å². The van der Waals surface area contributed by atoms with Crippen molar-refractivity contribution in [1.82, 2.24) is 15.3 Å². The molecule has 5 aliphatic heterocycles. The number of amides is 2. The predicted molar refractivity (Wildman–Crippen MR) is 209 cm³/mol. The molecule has 3 aromatic carbocycles. The Labute approximate surface area is 346 Å². The van der Waals surface area contributed by atoms with Gasteiger partial charge in [-0.05, 0) is 30.0 Å². The van der Waals surface area contributed by atoms with Crippen LogP contribution in [0.4, 0.5) is 0 Å². The Morgan fingerprint density at radius 2 is 1.60 bits per heavy atom. The molecule has 15 nitrogen and oxygen atoms in total. The maximum Gasteiger partial charge on any atom is 0.348 e. The molecule has 0 radical (unpaired) electrons. The first-order valence-corrected chi connectivity index (χ1v) is 20.4. The molecule has 314 valence electrons. The number of nitrogens with one attached hydrogen (secondary N) is 1. The van der Waals surface area contributed by atoms with Gasteiger partial charge in [0.15, 0.2) is 6.04 Å². The monoisotopic (exact) mass is 821 g/mol. The van der Waals surface area contributed by atoms with E-state index in [1.807, 2.05) is 72.8 Å². The van der Waals surface area contributed by atoms with Crippen LogP contribution in [-0.2, 0) is 64.8 Å². The van der Waals surface area contributed by atoms with Crippen molar-refractivity contribution in [3.8, 4) is 0 Å². The molecule has 8 unspecified atom stereocenters. The molecular formula is C45H47N3O12. The highest BCUT2D eigenvalue weighted by atomic mass is 16.8. The van der Waals surface area contributed by atoms with Crippen LogP contribution in [0.15, 0.2) is 91.0 Å². The number of hydroxylamine groups is 2. The standard InChI is InChI=1S/C45H47N3O12/c1-43(2)26-55-41(53)38(43)57-33(50)20-19-27-15-17-28(18-16-27)25-48-36-40(52)56-32-24-44(36,42(54)47-22-9-14-31(47)39(51)46-21-23-49)37(60-48)35-34(32)58-45(59-35,29-10-5-3-6-11-29)30-12-7-4-8-13-30/h3-8,10-13,15-20,31-32,34-38,49H,9,14,21-26H2,1-2H3,(H,46,51). The lowest BCUT2D eigenvalue weighted by molar-refractivity contribution is -0.214. The maximum atomic E-state index is 15.4.